The minimum Gasteiger partial charge on any atom is -0.312 e. The first-order chi connectivity index (χ1) is 6.75. The molecule has 1 atom stereocenters. The molecule has 2 heteroatoms. The van der Waals surface area contributed by atoms with Crippen molar-refractivity contribution in [2.24, 2.45) is 0 Å². The molecule has 1 saturated carbocycles. The van der Waals surface area contributed by atoms with E-state index in [1.54, 1.807) is 0 Å². The van der Waals surface area contributed by atoms with Gasteiger partial charge in [0, 0.05) is 25.2 Å². The first kappa shape index (κ1) is 11.7. The second-order valence-corrected chi connectivity index (χ2v) is 4.40. The molecule has 1 aliphatic carbocycles. The maximum absolute atomic E-state index is 3.70. The lowest BCUT2D eigenvalue weighted by atomic mass is 10.1. The molecule has 1 rings (SSSR count). The lowest BCUT2D eigenvalue weighted by Crippen LogP contribution is -2.42. The van der Waals surface area contributed by atoms with Gasteiger partial charge in [-0.05, 0) is 26.8 Å². The van der Waals surface area contributed by atoms with Gasteiger partial charge in [-0.1, -0.05) is 18.9 Å². The molecule has 1 aliphatic rings. The van der Waals surface area contributed by atoms with Crippen LogP contribution in [-0.4, -0.2) is 37.1 Å². The molecule has 0 heterocycles. The molecule has 2 nitrogen and oxygen atoms in total. The van der Waals surface area contributed by atoms with Gasteiger partial charge in [0.15, 0.2) is 0 Å². The van der Waals surface area contributed by atoms with Crippen molar-refractivity contribution in [1.82, 2.24) is 10.2 Å². The van der Waals surface area contributed by atoms with E-state index in [2.05, 4.69) is 30.8 Å². The number of nitrogens with zero attached hydrogens (tertiary/aromatic N) is 1. The predicted octanol–water partition coefficient (Wildman–Crippen LogP) is 2.02. The van der Waals surface area contributed by atoms with Gasteiger partial charge in [0.05, 0.1) is 0 Å². The zero-order chi connectivity index (χ0) is 10.4. The molecule has 1 fully saturated rings. The summed E-state index contributed by atoms with van der Waals surface area (Å²) in [5, 5.41) is 3.38. The maximum Gasteiger partial charge on any atom is 0.0192 e. The Morgan fingerprint density at radius 2 is 2.14 bits per heavy atom. The molecular formula is C12H24N2. The van der Waals surface area contributed by atoms with Gasteiger partial charge in [0.1, 0.15) is 0 Å². The summed E-state index contributed by atoms with van der Waals surface area (Å²) in [4.78, 5) is 2.53. The van der Waals surface area contributed by atoms with Gasteiger partial charge in [-0.15, -0.1) is 6.58 Å². The van der Waals surface area contributed by atoms with Crippen molar-refractivity contribution in [3.63, 3.8) is 0 Å². The molecule has 0 saturated heterocycles. The normalized spacial score (nSPS) is 20.2. The van der Waals surface area contributed by atoms with Crippen molar-refractivity contribution in [2.45, 2.75) is 44.7 Å². The number of hydrogen-bond acceptors (Lipinski definition) is 2. The summed E-state index contributed by atoms with van der Waals surface area (Å²) in [6.45, 7) is 7.99. The van der Waals surface area contributed by atoms with Gasteiger partial charge in [0.2, 0.25) is 0 Å². The molecule has 0 aromatic carbocycles. The molecule has 0 amide bonds. The number of hydrogen-bond donors (Lipinski definition) is 1. The second-order valence-electron chi connectivity index (χ2n) is 4.40. The number of likely N-dealkylation sites (N-methyl/N-ethyl adjacent to an activating group) is 1. The molecule has 1 N–H and O–H groups in total. The zero-order valence-electron chi connectivity index (χ0n) is 9.63. The summed E-state index contributed by atoms with van der Waals surface area (Å²) >= 11 is 0. The van der Waals surface area contributed by atoms with E-state index in [0.717, 1.165) is 19.1 Å². The van der Waals surface area contributed by atoms with Crippen LogP contribution in [0.5, 0.6) is 0 Å². The summed E-state index contributed by atoms with van der Waals surface area (Å²) < 4.78 is 0. The molecule has 0 bridgehead atoms. The molecular weight excluding hydrogens is 172 g/mol. The third-order valence-corrected chi connectivity index (χ3v) is 3.32. The third-order valence-electron chi connectivity index (χ3n) is 3.32. The summed E-state index contributed by atoms with van der Waals surface area (Å²) in [6, 6.07) is 1.47. The van der Waals surface area contributed by atoms with Crippen LogP contribution in [0.4, 0.5) is 0 Å². The monoisotopic (exact) mass is 196 g/mol. The van der Waals surface area contributed by atoms with E-state index in [1.807, 2.05) is 6.08 Å². The highest BCUT2D eigenvalue weighted by atomic mass is 15.2. The van der Waals surface area contributed by atoms with Gasteiger partial charge in [0.25, 0.3) is 0 Å². The van der Waals surface area contributed by atoms with E-state index < -0.39 is 0 Å². The Bertz CT molecular complexity index is 162. The lowest BCUT2D eigenvalue weighted by Gasteiger charge is -2.30. The maximum atomic E-state index is 3.70. The third kappa shape index (κ3) is 3.43. The summed E-state index contributed by atoms with van der Waals surface area (Å²) in [5.41, 5.74) is 0. The van der Waals surface area contributed by atoms with E-state index in [1.165, 1.54) is 25.7 Å². The van der Waals surface area contributed by atoms with E-state index in [-0.39, 0.29) is 0 Å². The van der Waals surface area contributed by atoms with Crippen LogP contribution >= 0.6 is 0 Å². The predicted molar refractivity (Wildman–Crippen MR) is 62.5 cm³/mol. The Labute approximate surface area is 88.4 Å². The molecule has 14 heavy (non-hydrogen) atoms. The fourth-order valence-electron chi connectivity index (χ4n) is 2.21. The highest BCUT2D eigenvalue weighted by Gasteiger charge is 2.22. The topological polar surface area (TPSA) is 15.3 Å². The standard InChI is InChI=1S/C12H24N2/c1-4-9-13-10-11(2)14(3)12-7-5-6-8-12/h4,11-13H,1,5-10H2,2-3H3. The minimum atomic E-state index is 0.637. The SMILES string of the molecule is C=CCNCC(C)N(C)C1CCCC1. The van der Waals surface area contributed by atoms with Crippen molar-refractivity contribution in [3.05, 3.63) is 12.7 Å². The van der Waals surface area contributed by atoms with Crippen molar-refractivity contribution < 1.29 is 0 Å². The van der Waals surface area contributed by atoms with E-state index in [0.29, 0.717) is 6.04 Å². The summed E-state index contributed by atoms with van der Waals surface area (Å²) in [5.74, 6) is 0. The van der Waals surface area contributed by atoms with Crippen LogP contribution in [0.2, 0.25) is 0 Å². The van der Waals surface area contributed by atoms with Crippen LogP contribution in [-0.2, 0) is 0 Å². The molecule has 0 radical (unpaired) electrons. The average molecular weight is 196 g/mol. The quantitative estimate of drug-likeness (QED) is 0.516. The Kier molecular flexibility index (Phi) is 5.20. The van der Waals surface area contributed by atoms with Gasteiger partial charge in [-0.2, -0.15) is 0 Å². The first-order valence-electron chi connectivity index (χ1n) is 5.79. The largest absolute Gasteiger partial charge is 0.312 e. The summed E-state index contributed by atoms with van der Waals surface area (Å²) in [7, 11) is 2.26. The fourth-order valence-corrected chi connectivity index (χ4v) is 2.21. The molecule has 0 spiro atoms. The van der Waals surface area contributed by atoms with Crippen LogP contribution in [0, 0.1) is 0 Å². The van der Waals surface area contributed by atoms with Crippen molar-refractivity contribution in [2.75, 3.05) is 20.1 Å². The van der Waals surface area contributed by atoms with Crippen LogP contribution in [0.25, 0.3) is 0 Å². The molecule has 1 unspecified atom stereocenters. The van der Waals surface area contributed by atoms with Crippen LogP contribution in [0.3, 0.4) is 0 Å². The van der Waals surface area contributed by atoms with Gasteiger partial charge in [-0.25, -0.2) is 0 Å². The minimum absolute atomic E-state index is 0.637. The number of rotatable bonds is 6. The van der Waals surface area contributed by atoms with Crippen molar-refractivity contribution in [3.8, 4) is 0 Å². The Morgan fingerprint density at radius 3 is 2.71 bits per heavy atom. The molecule has 0 aromatic heterocycles. The molecule has 0 aromatic rings. The van der Waals surface area contributed by atoms with Gasteiger partial charge in [-0.3, -0.25) is 4.90 Å². The Hall–Kier alpha value is -0.340. The lowest BCUT2D eigenvalue weighted by molar-refractivity contribution is 0.184. The molecule has 0 aliphatic heterocycles. The van der Waals surface area contributed by atoms with E-state index in [9.17, 15) is 0 Å². The Morgan fingerprint density at radius 1 is 1.50 bits per heavy atom. The smallest absolute Gasteiger partial charge is 0.0192 e. The second kappa shape index (κ2) is 6.20. The zero-order valence-corrected chi connectivity index (χ0v) is 9.63. The van der Waals surface area contributed by atoms with E-state index >= 15 is 0 Å². The highest BCUT2D eigenvalue weighted by Crippen LogP contribution is 2.23. The van der Waals surface area contributed by atoms with Crippen molar-refractivity contribution >= 4 is 0 Å². The van der Waals surface area contributed by atoms with Crippen LogP contribution in [0.1, 0.15) is 32.6 Å². The van der Waals surface area contributed by atoms with Crippen LogP contribution < -0.4 is 5.32 Å². The fraction of sp³-hybridized carbons (Fsp3) is 0.833. The Balaban J connectivity index is 2.20. The van der Waals surface area contributed by atoms with Gasteiger partial charge >= 0.3 is 0 Å². The molecule has 82 valence electrons. The van der Waals surface area contributed by atoms with E-state index in [4.69, 9.17) is 0 Å². The van der Waals surface area contributed by atoms with Crippen LogP contribution in [0.15, 0.2) is 12.7 Å². The first-order valence-corrected chi connectivity index (χ1v) is 5.79. The average Bonchev–Trinajstić information content (AvgIpc) is 2.69. The number of nitrogens with one attached hydrogen (secondary N) is 1. The highest BCUT2D eigenvalue weighted by molar-refractivity contribution is 4.80. The van der Waals surface area contributed by atoms with Gasteiger partial charge < -0.3 is 5.32 Å². The van der Waals surface area contributed by atoms with Crippen molar-refractivity contribution in [1.29, 1.82) is 0 Å². The summed E-state index contributed by atoms with van der Waals surface area (Å²) in [6.07, 6.45) is 7.54.